The molecule has 0 radical (unpaired) electrons. The third-order valence-electron chi connectivity index (χ3n) is 2.65. The molecule has 0 bridgehead atoms. The number of carbonyl (C=O) groups is 2. The average Bonchev–Trinajstić information content (AvgIpc) is 2.80. The largest absolute Gasteiger partial charge is 0.480 e. The molecule has 2 amide bonds. The molecule has 19 heavy (non-hydrogen) atoms. The van der Waals surface area contributed by atoms with Crippen LogP contribution in [-0.2, 0) is 11.2 Å². The molecule has 0 aliphatic rings. The highest BCUT2D eigenvalue weighted by molar-refractivity contribution is 7.09. The second-order valence-electron chi connectivity index (χ2n) is 4.48. The zero-order chi connectivity index (χ0) is 14.3. The number of carbonyl (C=O) groups excluding carboxylic acids is 1. The number of aliphatic carboxylic acids is 1. The summed E-state index contributed by atoms with van der Waals surface area (Å²) in [5.41, 5.74) is 0. The van der Waals surface area contributed by atoms with Gasteiger partial charge in [-0.2, -0.15) is 0 Å². The van der Waals surface area contributed by atoms with Crippen LogP contribution in [0.3, 0.4) is 0 Å². The standard InChI is InChI=1S/C13H20N2O3S/c1-3-5-11(12(16)17)15-13(18)14-9(2)8-10-6-4-7-19-10/h4,6-7,9,11H,3,5,8H2,1-2H3,(H,16,17)(H2,14,15,18)/t9?,11-/m1/s1. The molecule has 2 atom stereocenters. The van der Waals surface area contributed by atoms with E-state index in [1.807, 2.05) is 31.4 Å². The molecule has 0 aromatic carbocycles. The lowest BCUT2D eigenvalue weighted by Crippen LogP contribution is -2.48. The van der Waals surface area contributed by atoms with Crippen LogP contribution < -0.4 is 10.6 Å². The lowest BCUT2D eigenvalue weighted by molar-refractivity contribution is -0.139. The van der Waals surface area contributed by atoms with Crippen LogP contribution in [0.2, 0.25) is 0 Å². The Labute approximate surface area is 117 Å². The van der Waals surface area contributed by atoms with Crippen LogP contribution >= 0.6 is 11.3 Å². The lowest BCUT2D eigenvalue weighted by atomic mass is 10.2. The Kier molecular flexibility index (Phi) is 6.35. The molecule has 0 aliphatic carbocycles. The van der Waals surface area contributed by atoms with Crippen molar-refractivity contribution in [1.29, 1.82) is 0 Å². The van der Waals surface area contributed by atoms with E-state index in [2.05, 4.69) is 10.6 Å². The van der Waals surface area contributed by atoms with E-state index in [-0.39, 0.29) is 6.04 Å². The van der Waals surface area contributed by atoms with E-state index in [1.54, 1.807) is 11.3 Å². The van der Waals surface area contributed by atoms with Gasteiger partial charge in [0.05, 0.1) is 0 Å². The molecule has 1 heterocycles. The van der Waals surface area contributed by atoms with Crippen LogP contribution in [0.5, 0.6) is 0 Å². The summed E-state index contributed by atoms with van der Waals surface area (Å²) in [5.74, 6) is -0.997. The van der Waals surface area contributed by atoms with Crippen LogP contribution in [0.1, 0.15) is 31.6 Å². The van der Waals surface area contributed by atoms with Crippen molar-refractivity contribution in [2.45, 2.75) is 45.2 Å². The third kappa shape index (κ3) is 5.74. The molecule has 0 saturated heterocycles. The molecule has 0 fully saturated rings. The minimum atomic E-state index is -0.997. The van der Waals surface area contributed by atoms with Gasteiger partial charge in [-0.05, 0) is 24.8 Å². The molecule has 6 heteroatoms. The normalized spacial score (nSPS) is 13.6. The number of carboxylic acids is 1. The maximum absolute atomic E-state index is 11.7. The van der Waals surface area contributed by atoms with Crippen LogP contribution in [0, 0.1) is 0 Å². The van der Waals surface area contributed by atoms with E-state index < -0.39 is 18.0 Å². The van der Waals surface area contributed by atoms with Crippen LogP contribution in [-0.4, -0.2) is 29.2 Å². The Bertz CT molecular complexity index is 406. The number of thiophene rings is 1. The van der Waals surface area contributed by atoms with Crippen LogP contribution in [0.15, 0.2) is 17.5 Å². The molecule has 0 spiro atoms. The Balaban J connectivity index is 2.38. The number of hydrogen-bond donors (Lipinski definition) is 3. The Hall–Kier alpha value is -1.56. The summed E-state index contributed by atoms with van der Waals surface area (Å²) in [6, 6.07) is 2.70. The Morgan fingerprint density at radius 3 is 2.68 bits per heavy atom. The second-order valence-corrected chi connectivity index (χ2v) is 5.51. The zero-order valence-corrected chi connectivity index (χ0v) is 12.0. The van der Waals surface area contributed by atoms with E-state index in [0.29, 0.717) is 12.8 Å². The monoisotopic (exact) mass is 284 g/mol. The number of hydrogen-bond acceptors (Lipinski definition) is 3. The van der Waals surface area contributed by atoms with Gasteiger partial charge in [-0.3, -0.25) is 0 Å². The summed E-state index contributed by atoms with van der Waals surface area (Å²) in [7, 11) is 0. The van der Waals surface area contributed by atoms with Gasteiger partial charge in [0.2, 0.25) is 0 Å². The van der Waals surface area contributed by atoms with Crippen LogP contribution in [0.25, 0.3) is 0 Å². The second kappa shape index (κ2) is 7.78. The SMILES string of the molecule is CCC[C@@H](NC(=O)NC(C)Cc1cccs1)C(=O)O. The van der Waals surface area contributed by atoms with Crippen molar-refractivity contribution in [3.05, 3.63) is 22.4 Å². The van der Waals surface area contributed by atoms with E-state index in [4.69, 9.17) is 5.11 Å². The van der Waals surface area contributed by atoms with E-state index in [9.17, 15) is 9.59 Å². The molecule has 1 unspecified atom stereocenters. The number of amides is 2. The van der Waals surface area contributed by atoms with E-state index >= 15 is 0 Å². The fourth-order valence-electron chi connectivity index (χ4n) is 1.75. The predicted octanol–water partition coefficient (Wildman–Crippen LogP) is 2.23. The van der Waals surface area contributed by atoms with Gasteiger partial charge in [0.25, 0.3) is 0 Å². The summed E-state index contributed by atoms with van der Waals surface area (Å²) < 4.78 is 0. The highest BCUT2D eigenvalue weighted by Gasteiger charge is 2.19. The van der Waals surface area contributed by atoms with Crippen molar-refractivity contribution in [2.75, 3.05) is 0 Å². The number of carboxylic acid groups (broad SMARTS) is 1. The highest BCUT2D eigenvalue weighted by Crippen LogP contribution is 2.10. The first-order chi connectivity index (χ1) is 9.02. The molecule has 0 aliphatic heterocycles. The first-order valence-electron chi connectivity index (χ1n) is 6.35. The van der Waals surface area contributed by atoms with Crippen molar-refractivity contribution in [3.63, 3.8) is 0 Å². The molecular formula is C13H20N2O3S. The van der Waals surface area contributed by atoms with Crippen molar-refractivity contribution < 1.29 is 14.7 Å². The van der Waals surface area contributed by atoms with Gasteiger partial charge in [0.15, 0.2) is 0 Å². The number of nitrogens with one attached hydrogen (secondary N) is 2. The van der Waals surface area contributed by atoms with Gasteiger partial charge in [-0.15, -0.1) is 11.3 Å². The van der Waals surface area contributed by atoms with Gasteiger partial charge in [0.1, 0.15) is 6.04 Å². The summed E-state index contributed by atoms with van der Waals surface area (Å²) in [4.78, 5) is 23.8. The molecule has 106 valence electrons. The fourth-order valence-corrected chi connectivity index (χ4v) is 2.59. The number of rotatable bonds is 7. The van der Waals surface area contributed by atoms with Crippen molar-refractivity contribution >= 4 is 23.3 Å². The van der Waals surface area contributed by atoms with Gasteiger partial charge >= 0.3 is 12.0 Å². The zero-order valence-electron chi connectivity index (χ0n) is 11.2. The molecule has 3 N–H and O–H groups in total. The molecular weight excluding hydrogens is 264 g/mol. The molecule has 1 aromatic rings. The molecule has 5 nitrogen and oxygen atoms in total. The van der Waals surface area contributed by atoms with Gasteiger partial charge in [-0.25, -0.2) is 9.59 Å². The number of urea groups is 1. The minimum Gasteiger partial charge on any atom is -0.480 e. The van der Waals surface area contributed by atoms with E-state index in [1.165, 1.54) is 4.88 Å². The lowest BCUT2D eigenvalue weighted by Gasteiger charge is -2.17. The first kappa shape index (κ1) is 15.5. The quantitative estimate of drug-likeness (QED) is 0.718. The minimum absolute atomic E-state index is 0.0327. The highest BCUT2D eigenvalue weighted by atomic mass is 32.1. The van der Waals surface area contributed by atoms with Gasteiger partial charge in [0, 0.05) is 17.3 Å². The average molecular weight is 284 g/mol. The Morgan fingerprint density at radius 2 is 2.16 bits per heavy atom. The third-order valence-corrected chi connectivity index (χ3v) is 3.54. The maximum atomic E-state index is 11.7. The molecule has 0 saturated carbocycles. The van der Waals surface area contributed by atoms with Gasteiger partial charge in [-0.1, -0.05) is 19.4 Å². The Morgan fingerprint density at radius 1 is 1.42 bits per heavy atom. The van der Waals surface area contributed by atoms with Crippen molar-refractivity contribution in [3.8, 4) is 0 Å². The molecule has 1 aromatic heterocycles. The summed E-state index contributed by atoms with van der Waals surface area (Å²) in [5, 5.41) is 16.2. The first-order valence-corrected chi connectivity index (χ1v) is 7.23. The van der Waals surface area contributed by atoms with Crippen molar-refractivity contribution in [2.24, 2.45) is 0 Å². The predicted molar refractivity (Wildman–Crippen MR) is 75.5 cm³/mol. The van der Waals surface area contributed by atoms with Crippen LogP contribution in [0.4, 0.5) is 4.79 Å². The summed E-state index contributed by atoms with van der Waals surface area (Å²) in [6.07, 6.45) is 1.89. The molecule has 1 rings (SSSR count). The maximum Gasteiger partial charge on any atom is 0.326 e. The summed E-state index contributed by atoms with van der Waals surface area (Å²) in [6.45, 7) is 3.78. The fraction of sp³-hybridized carbons (Fsp3) is 0.538. The van der Waals surface area contributed by atoms with E-state index in [0.717, 1.165) is 6.42 Å². The summed E-state index contributed by atoms with van der Waals surface area (Å²) >= 11 is 1.64. The smallest absolute Gasteiger partial charge is 0.326 e. The van der Waals surface area contributed by atoms with Crippen molar-refractivity contribution in [1.82, 2.24) is 10.6 Å². The van der Waals surface area contributed by atoms with Gasteiger partial charge < -0.3 is 15.7 Å². The topological polar surface area (TPSA) is 78.4 Å².